The van der Waals surface area contributed by atoms with Crippen molar-refractivity contribution in [1.82, 2.24) is 14.7 Å². The van der Waals surface area contributed by atoms with Gasteiger partial charge in [-0.05, 0) is 63.1 Å². The molecule has 4 rings (SSSR count). The van der Waals surface area contributed by atoms with Crippen molar-refractivity contribution in [2.45, 2.75) is 32.2 Å². The number of carbonyl (C=O) groups is 3. The van der Waals surface area contributed by atoms with E-state index in [1.54, 1.807) is 14.7 Å². The van der Waals surface area contributed by atoms with E-state index in [-0.39, 0.29) is 30.1 Å². The third-order valence-electron chi connectivity index (χ3n) is 6.99. The van der Waals surface area contributed by atoms with Crippen molar-refractivity contribution in [3.8, 4) is 0 Å². The number of likely N-dealkylation sites (tertiary alicyclic amines) is 1. The first-order chi connectivity index (χ1) is 16.4. The van der Waals surface area contributed by atoms with Gasteiger partial charge in [0.05, 0.1) is 6.67 Å². The first-order valence-electron chi connectivity index (χ1n) is 11.8. The standard InChI is InChI=1S/C26H31FN4O3/c1-3-28(4-2)23(32)18-30-19-31(22-8-6-5-7-9-22)26(25(30)34)14-16-29(17-15-26)24(33)20-10-12-21(27)13-11-20/h5-13H,3-4,14-19H2,1-2H3. The van der Waals surface area contributed by atoms with Gasteiger partial charge in [-0.1, -0.05) is 18.2 Å². The van der Waals surface area contributed by atoms with Crippen molar-refractivity contribution < 1.29 is 18.8 Å². The molecule has 0 saturated carbocycles. The second-order valence-electron chi connectivity index (χ2n) is 8.80. The van der Waals surface area contributed by atoms with Gasteiger partial charge in [0.25, 0.3) is 11.8 Å². The first-order valence-corrected chi connectivity index (χ1v) is 11.8. The third-order valence-corrected chi connectivity index (χ3v) is 6.99. The van der Waals surface area contributed by atoms with Gasteiger partial charge in [-0.25, -0.2) is 4.39 Å². The number of carbonyl (C=O) groups excluding carboxylic acids is 3. The van der Waals surface area contributed by atoms with Gasteiger partial charge in [-0.3, -0.25) is 14.4 Å². The summed E-state index contributed by atoms with van der Waals surface area (Å²) in [5.41, 5.74) is 0.554. The SMILES string of the molecule is CCN(CC)C(=O)CN1CN(c2ccccc2)C2(CCN(C(=O)c3ccc(F)cc3)CC2)C1=O. The fourth-order valence-corrected chi connectivity index (χ4v) is 5.02. The van der Waals surface area contributed by atoms with E-state index in [1.807, 2.05) is 44.2 Å². The average molecular weight is 467 g/mol. The van der Waals surface area contributed by atoms with Gasteiger partial charge in [0, 0.05) is 37.4 Å². The van der Waals surface area contributed by atoms with E-state index in [4.69, 9.17) is 0 Å². The molecule has 0 unspecified atom stereocenters. The zero-order valence-electron chi connectivity index (χ0n) is 19.7. The maximum atomic E-state index is 13.8. The van der Waals surface area contributed by atoms with Crippen LogP contribution in [0.5, 0.6) is 0 Å². The number of halogens is 1. The summed E-state index contributed by atoms with van der Waals surface area (Å²) in [6, 6.07) is 15.3. The lowest BCUT2D eigenvalue weighted by Crippen LogP contribution is -2.57. The lowest BCUT2D eigenvalue weighted by molar-refractivity contribution is -0.140. The molecule has 0 atom stereocenters. The number of hydrogen-bond acceptors (Lipinski definition) is 4. The molecular weight excluding hydrogens is 435 g/mol. The van der Waals surface area contributed by atoms with Gasteiger partial charge < -0.3 is 19.6 Å². The van der Waals surface area contributed by atoms with Gasteiger partial charge >= 0.3 is 0 Å². The van der Waals surface area contributed by atoms with Crippen LogP contribution in [0.1, 0.15) is 37.0 Å². The van der Waals surface area contributed by atoms with Gasteiger partial charge in [-0.15, -0.1) is 0 Å². The molecule has 34 heavy (non-hydrogen) atoms. The van der Waals surface area contributed by atoms with Crippen LogP contribution in [0.2, 0.25) is 0 Å². The molecule has 2 aliphatic rings. The number of hydrogen-bond donors (Lipinski definition) is 0. The number of para-hydroxylation sites is 1. The summed E-state index contributed by atoms with van der Waals surface area (Å²) in [5, 5.41) is 0. The smallest absolute Gasteiger partial charge is 0.253 e. The number of amides is 3. The molecule has 7 nitrogen and oxygen atoms in total. The summed E-state index contributed by atoms with van der Waals surface area (Å²) in [6.45, 7) is 6.26. The summed E-state index contributed by atoms with van der Waals surface area (Å²) in [6.07, 6.45) is 0.924. The molecule has 2 aromatic carbocycles. The molecule has 2 aromatic rings. The summed E-state index contributed by atoms with van der Waals surface area (Å²) in [5.74, 6) is -0.679. The van der Waals surface area contributed by atoms with Crippen LogP contribution in [0.15, 0.2) is 54.6 Å². The molecule has 2 fully saturated rings. The minimum absolute atomic E-state index is 0.0455. The topological polar surface area (TPSA) is 64.2 Å². The molecule has 2 saturated heterocycles. The Labute approximate surface area is 199 Å². The second-order valence-corrected chi connectivity index (χ2v) is 8.80. The van der Waals surface area contributed by atoms with Gasteiger partial charge in [0.15, 0.2) is 0 Å². The number of piperidine rings is 1. The van der Waals surface area contributed by atoms with Crippen LogP contribution in [-0.2, 0) is 9.59 Å². The quantitative estimate of drug-likeness (QED) is 0.657. The minimum Gasteiger partial charge on any atom is -0.342 e. The van der Waals surface area contributed by atoms with E-state index in [1.165, 1.54) is 24.3 Å². The van der Waals surface area contributed by atoms with E-state index >= 15 is 0 Å². The van der Waals surface area contributed by atoms with E-state index in [0.29, 0.717) is 51.3 Å². The molecule has 8 heteroatoms. The predicted octanol–water partition coefficient (Wildman–Crippen LogP) is 2.98. The third kappa shape index (κ3) is 4.36. The van der Waals surface area contributed by atoms with Crippen molar-refractivity contribution in [2.24, 2.45) is 0 Å². The molecule has 2 aliphatic heterocycles. The van der Waals surface area contributed by atoms with Crippen molar-refractivity contribution in [3.05, 3.63) is 66.0 Å². The highest BCUT2D eigenvalue weighted by atomic mass is 19.1. The highest BCUT2D eigenvalue weighted by molar-refractivity contribution is 5.97. The maximum Gasteiger partial charge on any atom is 0.253 e. The van der Waals surface area contributed by atoms with Crippen LogP contribution in [0, 0.1) is 5.82 Å². The Kier molecular flexibility index (Phi) is 6.86. The summed E-state index contributed by atoms with van der Waals surface area (Å²) >= 11 is 0. The van der Waals surface area contributed by atoms with Crippen LogP contribution >= 0.6 is 0 Å². The second kappa shape index (κ2) is 9.83. The minimum atomic E-state index is -0.801. The Morgan fingerprint density at radius 2 is 1.59 bits per heavy atom. The molecule has 1 spiro atoms. The normalized spacial score (nSPS) is 17.4. The van der Waals surface area contributed by atoms with E-state index < -0.39 is 5.54 Å². The largest absolute Gasteiger partial charge is 0.342 e. The van der Waals surface area contributed by atoms with E-state index in [2.05, 4.69) is 4.90 Å². The van der Waals surface area contributed by atoms with Crippen molar-refractivity contribution in [1.29, 1.82) is 0 Å². The van der Waals surface area contributed by atoms with Crippen molar-refractivity contribution in [2.75, 3.05) is 44.3 Å². The fraction of sp³-hybridized carbons (Fsp3) is 0.423. The van der Waals surface area contributed by atoms with Crippen LogP contribution in [0.4, 0.5) is 10.1 Å². The monoisotopic (exact) mass is 466 g/mol. The average Bonchev–Trinajstić information content (AvgIpc) is 3.12. The van der Waals surface area contributed by atoms with Gasteiger partial charge in [0.1, 0.15) is 17.9 Å². The Morgan fingerprint density at radius 1 is 0.971 bits per heavy atom. The van der Waals surface area contributed by atoms with E-state index in [0.717, 1.165) is 5.69 Å². The Hall–Kier alpha value is -3.42. The Balaban J connectivity index is 1.55. The predicted molar refractivity (Wildman–Crippen MR) is 128 cm³/mol. The molecule has 2 heterocycles. The van der Waals surface area contributed by atoms with E-state index in [9.17, 15) is 18.8 Å². The van der Waals surface area contributed by atoms with Crippen LogP contribution in [-0.4, -0.2) is 77.4 Å². The molecule has 0 aliphatic carbocycles. The molecule has 0 aromatic heterocycles. The molecule has 3 amide bonds. The van der Waals surface area contributed by atoms with Crippen LogP contribution in [0.25, 0.3) is 0 Å². The van der Waals surface area contributed by atoms with Crippen LogP contribution in [0.3, 0.4) is 0 Å². The summed E-state index contributed by atoms with van der Waals surface area (Å²) < 4.78 is 13.3. The first kappa shape index (κ1) is 23.7. The lowest BCUT2D eigenvalue weighted by atomic mass is 9.85. The van der Waals surface area contributed by atoms with Gasteiger partial charge in [-0.2, -0.15) is 0 Å². The number of benzene rings is 2. The number of likely N-dealkylation sites (N-methyl/N-ethyl adjacent to an activating group) is 1. The Bertz CT molecular complexity index is 1030. The number of anilines is 1. The van der Waals surface area contributed by atoms with Crippen molar-refractivity contribution >= 4 is 23.4 Å². The van der Waals surface area contributed by atoms with Gasteiger partial charge in [0.2, 0.25) is 5.91 Å². The molecule has 0 bridgehead atoms. The number of nitrogens with zero attached hydrogens (tertiary/aromatic N) is 4. The summed E-state index contributed by atoms with van der Waals surface area (Å²) in [7, 11) is 0. The highest BCUT2D eigenvalue weighted by Crippen LogP contribution is 2.39. The molecule has 0 N–H and O–H groups in total. The summed E-state index contributed by atoms with van der Waals surface area (Å²) in [4.78, 5) is 46.7. The lowest BCUT2D eigenvalue weighted by Gasteiger charge is -2.43. The van der Waals surface area contributed by atoms with Crippen molar-refractivity contribution in [3.63, 3.8) is 0 Å². The maximum absolute atomic E-state index is 13.8. The van der Waals surface area contributed by atoms with Crippen LogP contribution < -0.4 is 4.90 Å². The Morgan fingerprint density at radius 3 is 2.18 bits per heavy atom. The molecule has 0 radical (unpaired) electrons. The molecular formula is C26H31FN4O3. The molecule has 180 valence electrons. The fourth-order valence-electron chi connectivity index (χ4n) is 5.02. The highest BCUT2D eigenvalue weighted by Gasteiger charge is 2.54. The zero-order valence-corrected chi connectivity index (χ0v) is 19.7. The zero-order chi connectivity index (χ0) is 24.3. The number of rotatable bonds is 6.